The summed E-state index contributed by atoms with van der Waals surface area (Å²) in [5, 5.41) is 7.53. The third-order valence-corrected chi connectivity index (χ3v) is 2.39. The summed E-state index contributed by atoms with van der Waals surface area (Å²) in [6, 6.07) is 0.297. The van der Waals surface area contributed by atoms with Gasteiger partial charge in [-0.25, -0.2) is 4.68 Å². The van der Waals surface area contributed by atoms with E-state index < -0.39 is 0 Å². The first-order valence-corrected chi connectivity index (χ1v) is 4.52. The molecule has 2 unspecified atom stereocenters. The SMILES string of the molecule is Cn1nncc1OC1CCC(N)C1. The maximum atomic E-state index is 5.77. The molecular formula is C8H14N4O. The van der Waals surface area contributed by atoms with Crippen LogP contribution in [-0.4, -0.2) is 27.1 Å². The number of rotatable bonds is 2. The maximum absolute atomic E-state index is 5.77. The van der Waals surface area contributed by atoms with E-state index in [4.69, 9.17) is 10.5 Å². The molecule has 0 spiro atoms. The first kappa shape index (κ1) is 8.50. The van der Waals surface area contributed by atoms with Crippen molar-refractivity contribution in [2.45, 2.75) is 31.4 Å². The summed E-state index contributed by atoms with van der Waals surface area (Å²) in [5.74, 6) is 0.721. The molecule has 1 aliphatic carbocycles. The Labute approximate surface area is 76.9 Å². The minimum atomic E-state index is 0.243. The van der Waals surface area contributed by atoms with Crippen LogP contribution in [-0.2, 0) is 7.05 Å². The van der Waals surface area contributed by atoms with E-state index in [0.717, 1.165) is 25.1 Å². The molecule has 5 heteroatoms. The zero-order valence-corrected chi connectivity index (χ0v) is 7.68. The minimum absolute atomic E-state index is 0.243. The van der Waals surface area contributed by atoms with Crippen LogP contribution in [0.15, 0.2) is 6.20 Å². The van der Waals surface area contributed by atoms with Gasteiger partial charge in [0.2, 0.25) is 5.88 Å². The molecule has 0 saturated heterocycles. The Kier molecular flexibility index (Phi) is 2.18. The highest BCUT2D eigenvalue weighted by atomic mass is 16.5. The Morgan fingerprint density at radius 3 is 3.00 bits per heavy atom. The van der Waals surface area contributed by atoms with Crippen molar-refractivity contribution in [2.24, 2.45) is 12.8 Å². The van der Waals surface area contributed by atoms with Crippen molar-refractivity contribution in [3.63, 3.8) is 0 Å². The zero-order valence-electron chi connectivity index (χ0n) is 7.68. The molecule has 1 aromatic rings. The fourth-order valence-electron chi connectivity index (χ4n) is 1.64. The quantitative estimate of drug-likeness (QED) is 0.703. The fraction of sp³-hybridized carbons (Fsp3) is 0.750. The molecular weight excluding hydrogens is 168 g/mol. The normalized spacial score (nSPS) is 27.8. The first-order chi connectivity index (χ1) is 6.25. The van der Waals surface area contributed by atoms with Gasteiger partial charge in [-0.3, -0.25) is 0 Å². The lowest BCUT2D eigenvalue weighted by atomic mass is 10.3. The summed E-state index contributed by atoms with van der Waals surface area (Å²) < 4.78 is 7.30. The van der Waals surface area contributed by atoms with E-state index in [1.54, 1.807) is 10.9 Å². The molecule has 0 bridgehead atoms. The van der Waals surface area contributed by atoms with E-state index in [2.05, 4.69) is 10.3 Å². The van der Waals surface area contributed by atoms with Gasteiger partial charge in [0.15, 0.2) is 0 Å². The second kappa shape index (κ2) is 3.33. The molecule has 2 N–H and O–H groups in total. The summed E-state index contributed by atoms with van der Waals surface area (Å²) in [6.07, 6.45) is 4.89. The van der Waals surface area contributed by atoms with E-state index in [1.165, 1.54) is 0 Å². The Morgan fingerprint density at radius 2 is 2.46 bits per heavy atom. The van der Waals surface area contributed by atoms with E-state index in [9.17, 15) is 0 Å². The van der Waals surface area contributed by atoms with Crippen LogP contribution < -0.4 is 10.5 Å². The molecule has 0 amide bonds. The van der Waals surface area contributed by atoms with Gasteiger partial charge in [0.25, 0.3) is 0 Å². The summed E-state index contributed by atoms with van der Waals surface area (Å²) in [5.41, 5.74) is 5.77. The molecule has 2 atom stereocenters. The number of hydrogen-bond acceptors (Lipinski definition) is 4. The Hall–Kier alpha value is -1.10. The topological polar surface area (TPSA) is 66.0 Å². The van der Waals surface area contributed by atoms with Crippen LogP contribution in [0.25, 0.3) is 0 Å². The Morgan fingerprint density at radius 1 is 1.62 bits per heavy atom. The van der Waals surface area contributed by atoms with Crippen LogP contribution in [0.5, 0.6) is 5.88 Å². The number of nitrogens with two attached hydrogens (primary N) is 1. The van der Waals surface area contributed by atoms with Gasteiger partial charge >= 0.3 is 0 Å². The van der Waals surface area contributed by atoms with E-state index in [0.29, 0.717) is 6.04 Å². The molecule has 1 saturated carbocycles. The highest BCUT2D eigenvalue weighted by Crippen LogP contribution is 2.22. The fourth-order valence-corrected chi connectivity index (χ4v) is 1.64. The smallest absolute Gasteiger partial charge is 0.232 e. The third kappa shape index (κ3) is 1.80. The molecule has 1 aliphatic rings. The van der Waals surface area contributed by atoms with Crippen molar-refractivity contribution in [1.82, 2.24) is 15.0 Å². The number of nitrogens with zero attached hydrogens (tertiary/aromatic N) is 3. The third-order valence-electron chi connectivity index (χ3n) is 2.39. The highest BCUT2D eigenvalue weighted by molar-refractivity contribution is 5.02. The first-order valence-electron chi connectivity index (χ1n) is 4.52. The van der Waals surface area contributed by atoms with Gasteiger partial charge in [-0.15, -0.1) is 5.10 Å². The van der Waals surface area contributed by atoms with Gasteiger partial charge in [-0.1, -0.05) is 5.21 Å². The van der Waals surface area contributed by atoms with Crippen LogP contribution in [0, 0.1) is 0 Å². The lowest BCUT2D eigenvalue weighted by molar-refractivity contribution is 0.190. The molecule has 72 valence electrons. The van der Waals surface area contributed by atoms with Crippen LogP contribution in [0.2, 0.25) is 0 Å². The number of aryl methyl sites for hydroxylation is 1. The van der Waals surface area contributed by atoms with Gasteiger partial charge < -0.3 is 10.5 Å². The van der Waals surface area contributed by atoms with Crippen molar-refractivity contribution in [3.05, 3.63) is 6.20 Å². The summed E-state index contributed by atoms with van der Waals surface area (Å²) in [7, 11) is 1.82. The lowest BCUT2D eigenvalue weighted by Crippen LogP contribution is -2.19. The van der Waals surface area contributed by atoms with E-state index in [-0.39, 0.29) is 6.10 Å². The molecule has 1 heterocycles. The van der Waals surface area contributed by atoms with Crippen molar-refractivity contribution in [2.75, 3.05) is 0 Å². The number of hydrogen-bond donors (Lipinski definition) is 1. The molecule has 0 radical (unpaired) electrons. The Balaban J connectivity index is 1.95. The molecule has 1 aromatic heterocycles. The predicted molar refractivity (Wildman–Crippen MR) is 47.2 cm³/mol. The standard InChI is InChI=1S/C8H14N4O/c1-12-8(5-10-11-12)13-7-3-2-6(9)4-7/h5-7H,2-4,9H2,1H3. The minimum Gasteiger partial charge on any atom is -0.473 e. The Bertz CT molecular complexity index is 285. The van der Waals surface area contributed by atoms with Gasteiger partial charge in [-0.2, -0.15) is 0 Å². The summed E-state index contributed by atoms with van der Waals surface area (Å²) in [4.78, 5) is 0. The van der Waals surface area contributed by atoms with Gasteiger partial charge in [0, 0.05) is 13.1 Å². The monoisotopic (exact) mass is 182 g/mol. The van der Waals surface area contributed by atoms with Crippen molar-refractivity contribution in [1.29, 1.82) is 0 Å². The van der Waals surface area contributed by atoms with Crippen LogP contribution in [0.3, 0.4) is 0 Å². The molecule has 1 fully saturated rings. The molecule has 2 rings (SSSR count). The molecule has 5 nitrogen and oxygen atoms in total. The average molecular weight is 182 g/mol. The largest absolute Gasteiger partial charge is 0.473 e. The van der Waals surface area contributed by atoms with Gasteiger partial charge in [-0.05, 0) is 19.3 Å². The molecule has 0 aromatic carbocycles. The van der Waals surface area contributed by atoms with Gasteiger partial charge in [0.1, 0.15) is 12.3 Å². The summed E-state index contributed by atoms with van der Waals surface area (Å²) >= 11 is 0. The van der Waals surface area contributed by atoms with Crippen LogP contribution >= 0.6 is 0 Å². The molecule has 0 aliphatic heterocycles. The number of aromatic nitrogens is 3. The van der Waals surface area contributed by atoms with Gasteiger partial charge in [0.05, 0.1) is 0 Å². The van der Waals surface area contributed by atoms with E-state index in [1.807, 2.05) is 7.05 Å². The average Bonchev–Trinajstić information content (AvgIpc) is 2.64. The maximum Gasteiger partial charge on any atom is 0.232 e. The highest BCUT2D eigenvalue weighted by Gasteiger charge is 2.23. The lowest BCUT2D eigenvalue weighted by Gasteiger charge is -2.11. The van der Waals surface area contributed by atoms with E-state index >= 15 is 0 Å². The summed E-state index contributed by atoms with van der Waals surface area (Å²) in [6.45, 7) is 0. The zero-order chi connectivity index (χ0) is 9.26. The number of ether oxygens (including phenoxy) is 1. The second-order valence-electron chi connectivity index (χ2n) is 3.51. The molecule has 13 heavy (non-hydrogen) atoms. The second-order valence-corrected chi connectivity index (χ2v) is 3.51. The van der Waals surface area contributed by atoms with Crippen molar-refractivity contribution < 1.29 is 4.74 Å². The van der Waals surface area contributed by atoms with Crippen LogP contribution in [0.4, 0.5) is 0 Å². The predicted octanol–water partition coefficient (Wildman–Crippen LogP) is 0.0737. The van der Waals surface area contributed by atoms with Crippen molar-refractivity contribution in [3.8, 4) is 5.88 Å². The van der Waals surface area contributed by atoms with Crippen LogP contribution in [0.1, 0.15) is 19.3 Å². The van der Waals surface area contributed by atoms with Crippen molar-refractivity contribution >= 4 is 0 Å².